The third-order valence-electron chi connectivity index (χ3n) is 4.76. The molecule has 5 nitrogen and oxygen atoms in total. The molecule has 2 amide bonds. The van der Waals surface area contributed by atoms with Gasteiger partial charge in [0.1, 0.15) is 11.8 Å². The third kappa shape index (κ3) is 6.72. The van der Waals surface area contributed by atoms with Crippen molar-refractivity contribution in [3.63, 3.8) is 0 Å². The maximum absolute atomic E-state index is 12.9. The lowest BCUT2D eigenvalue weighted by Gasteiger charge is -2.29. The first kappa shape index (κ1) is 21.5. The fourth-order valence-electron chi connectivity index (χ4n) is 2.78. The van der Waals surface area contributed by atoms with Crippen LogP contribution < -0.4 is 10.1 Å². The molecule has 0 bridgehead atoms. The Labute approximate surface area is 167 Å². The molecule has 0 unspecified atom stereocenters. The van der Waals surface area contributed by atoms with Crippen molar-refractivity contribution in [1.82, 2.24) is 10.2 Å². The van der Waals surface area contributed by atoms with E-state index < -0.39 is 6.04 Å². The summed E-state index contributed by atoms with van der Waals surface area (Å²) in [5.74, 6) is 0.289. The average Bonchev–Trinajstić information content (AvgIpc) is 2.73. The maximum atomic E-state index is 12.9. The van der Waals surface area contributed by atoms with E-state index in [0.717, 1.165) is 12.0 Å². The summed E-state index contributed by atoms with van der Waals surface area (Å²) in [7, 11) is 0. The highest BCUT2D eigenvalue weighted by atomic mass is 16.5. The van der Waals surface area contributed by atoms with Gasteiger partial charge in [-0.05, 0) is 44.4 Å². The van der Waals surface area contributed by atoms with Crippen molar-refractivity contribution < 1.29 is 14.3 Å². The van der Waals surface area contributed by atoms with Crippen molar-refractivity contribution in [2.24, 2.45) is 0 Å². The number of para-hydroxylation sites is 1. The van der Waals surface area contributed by atoms with Crippen LogP contribution in [-0.2, 0) is 16.0 Å². The van der Waals surface area contributed by atoms with E-state index in [-0.39, 0.29) is 24.5 Å². The van der Waals surface area contributed by atoms with E-state index in [1.54, 1.807) is 24.0 Å². The molecule has 0 aliphatic rings. The van der Waals surface area contributed by atoms with Gasteiger partial charge < -0.3 is 15.0 Å². The number of carbonyl (C=O) groups is 2. The van der Waals surface area contributed by atoms with Gasteiger partial charge in [0.2, 0.25) is 5.91 Å². The van der Waals surface area contributed by atoms with E-state index in [1.807, 2.05) is 62.4 Å². The third-order valence-corrected chi connectivity index (χ3v) is 4.76. The maximum Gasteiger partial charge on any atom is 0.261 e. The molecular formula is C23H30N2O3. The van der Waals surface area contributed by atoms with Gasteiger partial charge in [-0.1, -0.05) is 55.5 Å². The Balaban J connectivity index is 2.05. The topological polar surface area (TPSA) is 58.6 Å². The first-order chi connectivity index (χ1) is 13.5. The lowest BCUT2D eigenvalue weighted by Crippen LogP contribution is -2.51. The SMILES string of the molecule is CC[C@@H](C)NC(=O)[C@@H](C)N(CCc1ccccc1)C(=O)COc1ccccc1. The van der Waals surface area contributed by atoms with E-state index in [1.165, 1.54) is 0 Å². The summed E-state index contributed by atoms with van der Waals surface area (Å²) in [4.78, 5) is 27.1. The van der Waals surface area contributed by atoms with Crippen LogP contribution in [0.1, 0.15) is 32.8 Å². The highest BCUT2D eigenvalue weighted by Crippen LogP contribution is 2.11. The summed E-state index contributed by atoms with van der Waals surface area (Å²) in [5, 5.41) is 2.96. The van der Waals surface area contributed by atoms with Crippen LogP contribution in [0.15, 0.2) is 60.7 Å². The van der Waals surface area contributed by atoms with E-state index in [2.05, 4.69) is 5.32 Å². The number of nitrogens with zero attached hydrogens (tertiary/aromatic N) is 1. The first-order valence-electron chi connectivity index (χ1n) is 9.82. The van der Waals surface area contributed by atoms with E-state index >= 15 is 0 Å². The Hall–Kier alpha value is -2.82. The van der Waals surface area contributed by atoms with Crippen molar-refractivity contribution in [2.75, 3.05) is 13.2 Å². The molecule has 2 rings (SSSR count). The van der Waals surface area contributed by atoms with Gasteiger partial charge >= 0.3 is 0 Å². The van der Waals surface area contributed by atoms with Crippen molar-refractivity contribution >= 4 is 11.8 Å². The molecule has 2 atom stereocenters. The zero-order chi connectivity index (χ0) is 20.4. The molecular weight excluding hydrogens is 352 g/mol. The number of hydrogen-bond acceptors (Lipinski definition) is 3. The summed E-state index contributed by atoms with van der Waals surface area (Å²) < 4.78 is 5.61. The fraction of sp³-hybridized carbons (Fsp3) is 0.391. The highest BCUT2D eigenvalue weighted by Gasteiger charge is 2.26. The average molecular weight is 383 g/mol. The fourth-order valence-corrected chi connectivity index (χ4v) is 2.78. The Morgan fingerprint density at radius 3 is 2.21 bits per heavy atom. The molecule has 1 N–H and O–H groups in total. The number of hydrogen-bond donors (Lipinski definition) is 1. The second-order valence-electron chi connectivity index (χ2n) is 6.92. The van der Waals surface area contributed by atoms with Crippen LogP contribution in [0.3, 0.4) is 0 Å². The minimum absolute atomic E-state index is 0.0709. The molecule has 5 heteroatoms. The highest BCUT2D eigenvalue weighted by molar-refractivity contribution is 5.88. The predicted octanol–water partition coefficient (Wildman–Crippen LogP) is 3.44. The molecule has 0 fully saturated rings. The van der Waals surface area contributed by atoms with Crippen molar-refractivity contribution in [3.05, 3.63) is 66.2 Å². The van der Waals surface area contributed by atoms with E-state index in [9.17, 15) is 9.59 Å². The minimum Gasteiger partial charge on any atom is -0.484 e. The zero-order valence-corrected chi connectivity index (χ0v) is 16.9. The van der Waals surface area contributed by atoms with Crippen LogP contribution in [0, 0.1) is 0 Å². The monoisotopic (exact) mass is 382 g/mol. The molecule has 0 aliphatic carbocycles. The Bertz CT molecular complexity index is 734. The van der Waals surface area contributed by atoms with Gasteiger partial charge in [-0.25, -0.2) is 0 Å². The molecule has 0 saturated heterocycles. The summed E-state index contributed by atoms with van der Waals surface area (Å²) in [6.45, 7) is 6.10. The zero-order valence-electron chi connectivity index (χ0n) is 16.9. The number of nitrogens with one attached hydrogen (secondary N) is 1. The first-order valence-corrected chi connectivity index (χ1v) is 9.82. The molecule has 2 aromatic rings. The molecule has 28 heavy (non-hydrogen) atoms. The Morgan fingerprint density at radius 2 is 1.61 bits per heavy atom. The van der Waals surface area contributed by atoms with Gasteiger partial charge in [0.05, 0.1) is 0 Å². The van der Waals surface area contributed by atoms with E-state index in [0.29, 0.717) is 18.7 Å². The molecule has 0 spiro atoms. The molecule has 150 valence electrons. The minimum atomic E-state index is -0.565. The van der Waals surface area contributed by atoms with Crippen LogP contribution >= 0.6 is 0 Å². The number of carbonyl (C=O) groups excluding carboxylic acids is 2. The number of benzene rings is 2. The normalized spacial score (nSPS) is 12.7. The van der Waals surface area contributed by atoms with Crippen LogP contribution in [0.2, 0.25) is 0 Å². The quantitative estimate of drug-likeness (QED) is 0.685. The molecule has 2 aromatic carbocycles. The van der Waals surface area contributed by atoms with Gasteiger partial charge in [-0.3, -0.25) is 9.59 Å². The Morgan fingerprint density at radius 1 is 1.00 bits per heavy atom. The van der Waals surface area contributed by atoms with Crippen molar-refractivity contribution in [2.45, 2.75) is 45.7 Å². The summed E-state index contributed by atoms with van der Waals surface area (Å²) in [5.41, 5.74) is 1.12. The number of amides is 2. The molecule has 0 saturated carbocycles. The van der Waals surface area contributed by atoms with Gasteiger partial charge in [0, 0.05) is 12.6 Å². The van der Waals surface area contributed by atoms with Crippen LogP contribution in [-0.4, -0.2) is 41.9 Å². The lowest BCUT2D eigenvalue weighted by molar-refractivity contribution is -0.141. The van der Waals surface area contributed by atoms with Crippen LogP contribution in [0.5, 0.6) is 5.75 Å². The molecule has 0 radical (unpaired) electrons. The van der Waals surface area contributed by atoms with Crippen molar-refractivity contribution in [3.8, 4) is 5.75 Å². The molecule has 0 aliphatic heterocycles. The summed E-state index contributed by atoms with van der Waals surface area (Å²) >= 11 is 0. The van der Waals surface area contributed by atoms with Gasteiger partial charge in [0.15, 0.2) is 6.61 Å². The van der Waals surface area contributed by atoms with E-state index in [4.69, 9.17) is 4.74 Å². The van der Waals surface area contributed by atoms with Crippen molar-refractivity contribution in [1.29, 1.82) is 0 Å². The van der Waals surface area contributed by atoms with Crippen LogP contribution in [0.4, 0.5) is 0 Å². The van der Waals surface area contributed by atoms with Gasteiger partial charge in [0.25, 0.3) is 5.91 Å². The largest absolute Gasteiger partial charge is 0.484 e. The molecule has 0 heterocycles. The second kappa shape index (κ2) is 11.1. The standard InChI is InChI=1S/C23H30N2O3/c1-4-18(2)24-23(27)19(3)25(16-15-20-11-7-5-8-12-20)22(26)17-28-21-13-9-6-10-14-21/h5-14,18-19H,4,15-17H2,1-3H3,(H,24,27)/t18-,19-/m1/s1. The van der Waals surface area contributed by atoms with Gasteiger partial charge in [-0.2, -0.15) is 0 Å². The second-order valence-corrected chi connectivity index (χ2v) is 6.92. The summed E-state index contributed by atoms with van der Waals surface area (Å²) in [6, 6.07) is 18.7. The lowest BCUT2D eigenvalue weighted by atomic mass is 10.1. The number of rotatable bonds is 10. The van der Waals surface area contributed by atoms with Gasteiger partial charge in [-0.15, -0.1) is 0 Å². The number of ether oxygens (including phenoxy) is 1. The summed E-state index contributed by atoms with van der Waals surface area (Å²) in [6.07, 6.45) is 1.52. The smallest absolute Gasteiger partial charge is 0.261 e. The van der Waals surface area contributed by atoms with Crippen LogP contribution in [0.25, 0.3) is 0 Å². The predicted molar refractivity (Wildman–Crippen MR) is 111 cm³/mol. The molecule has 0 aromatic heterocycles. The Kier molecular flexibility index (Phi) is 8.53.